The fourth-order valence-corrected chi connectivity index (χ4v) is 4.11. The molecule has 1 aliphatic heterocycles. The average molecular weight is 380 g/mol. The van der Waals surface area contributed by atoms with Gasteiger partial charge in [-0.3, -0.25) is 4.79 Å². The van der Waals surface area contributed by atoms with Gasteiger partial charge < -0.3 is 9.64 Å². The Morgan fingerprint density at radius 2 is 2.28 bits per heavy atom. The number of pyridine rings is 1. The Balaban J connectivity index is 1.75. The molecule has 134 valence electrons. The molecule has 1 fully saturated rings. The molecule has 4 nitrogen and oxygen atoms in total. The third kappa shape index (κ3) is 4.46. The lowest BCUT2D eigenvalue weighted by Gasteiger charge is -2.28. The van der Waals surface area contributed by atoms with E-state index in [9.17, 15) is 4.79 Å². The van der Waals surface area contributed by atoms with Gasteiger partial charge in [-0.1, -0.05) is 17.7 Å². The van der Waals surface area contributed by atoms with Crippen molar-refractivity contribution >= 4 is 40.2 Å². The van der Waals surface area contributed by atoms with Crippen LogP contribution in [-0.2, 0) is 16.1 Å². The first-order chi connectivity index (χ1) is 12.1. The standard InChI is InChI=1S/C19H23ClN2O2S/c1-3-24-19(23)14-5-4-8-22(11-14)12-15-9-13-6-7-16(25-2)10-17(13)21-18(15)20/h6-7,9-10,14H,3-5,8,11-12H2,1-2H3/p+1/t14-/m1/s1. The topological polar surface area (TPSA) is 43.6 Å². The molecule has 25 heavy (non-hydrogen) atoms. The summed E-state index contributed by atoms with van der Waals surface area (Å²) in [7, 11) is 0. The molecule has 0 amide bonds. The van der Waals surface area contributed by atoms with Crippen LogP contribution in [0.4, 0.5) is 0 Å². The third-order valence-corrected chi connectivity index (χ3v) is 5.78. The van der Waals surface area contributed by atoms with Crippen molar-refractivity contribution in [3.8, 4) is 0 Å². The highest BCUT2D eigenvalue weighted by Gasteiger charge is 2.30. The molecule has 6 heteroatoms. The molecule has 0 spiro atoms. The monoisotopic (exact) mass is 379 g/mol. The number of hydrogen-bond donors (Lipinski definition) is 1. The number of thioether (sulfide) groups is 1. The number of quaternary nitrogens is 1. The highest BCUT2D eigenvalue weighted by atomic mass is 35.5. The molecule has 0 saturated carbocycles. The maximum atomic E-state index is 12.0. The van der Waals surface area contributed by atoms with Crippen LogP contribution in [0.1, 0.15) is 25.3 Å². The summed E-state index contributed by atoms with van der Waals surface area (Å²) in [5.41, 5.74) is 1.98. The molecule has 2 heterocycles. The predicted octanol–water partition coefficient (Wildman–Crippen LogP) is 2.97. The van der Waals surface area contributed by atoms with Crippen molar-refractivity contribution in [1.29, 1.82) is 0 Å². The number of esters is 1. The molecular formula is C19H24ClN2O2S+. The van der Waals surface area contributed by atoms with Gasteiger partial charge in [-0.05, 0) is 44.2 Å². The first-order valence-corrected chi connectivity index (χ1v) is 10.3. The van der Waals surface area contributed by atoms with Crippen LogP contribution in [0, 0.1) is 5.92 Å². The van der Waals surface area contributed by atoms with E-state index < -0.39 is 0 Å². The number of carbonyl (C=O) groups is 1. The average Bonchev–Trinajstić information content (AvgIpc) is 2.62. The fourth-order valence-electron chi connectivity index (χ4n) is 3.46. The number of likely N-dealkylation sites (tertiary alicyclic amines) is 1. The number of fused-ring (bicyclic) bond motifs is 1. The van der Waals surface area contributed by atoms with E-state index in [2.05, 4.69) is 35.5 Å². The van der Waals surface area contributed by atoms with Gasteiger partial charge in [-0.15, -0.1) is 11.8 Å². The van der Waals surface area contributed by atoms with E-state index in [1.807, 2.05) is 6.92 Å². The number of carbonyl (C=O) groups excluding carboxylic acids is 1. The molecule has 1 aromatic carbocycles. The minimum atomic E-state index is -0.0629. The van der Waals surface area contributed by atoms with Crippen molar-refractivity contribution in [2.24, 2.45) is 5.92 Å². The summed E-state index contributed by atoms with van der Waals surface area (Å²) in [6.45, 7) is 4.95. The van der Waals surface area contributed by atoms with Crippen LogP contribution < -0.4 is 4.90 Å². The summed E-state index contributed by atoms with van der Waals surface area (Å²) in [5.74, 6) is -0.0629. The number of rotatable bonds is 5. The van der Waals surface area contributed by atoms with Crippen molar-refractivity contribution in [1.82, 2.24) is 4.98 Å². The summed E-state index contributed by atoms with van der Waals surface area (Å²) in [6.07, 6.45) is 4.01. The van der Waals surface area contributed by atoms with Crippen LogP contribution in [-0.4, -0.2) is 36.9 Å². The van der Waals surface area contributed by atoms with Gasteiger partial charge in [-0.25, -0.2) is 4.98 Å². The molecule has 2 aromatic rings. The first kappa shape index (κ1) is 18.5. The maximum absolute atomic E-state index is 12.0. The molecule has 1 unspecified atom stereocenters. The summed E-state index contributed by atoms with van der Waals surface area (Å²) in [4.78, 5) is 19.2. The van der Waals surface area contributed by atoms with Gasteiger partial charge >= 0.3 is 5.97 Å². The van der Waals surface area contributed by atoms with E-state index in [-0.39, 0.29) is 11.9 Å². The normalized spacial score (nSPS) is 20.6. The van der Waals surface area contributed by atoms with Gasteiger partial charge in [0.2, 0.25) is 0 Å². The second kappa shape index (κ2) is 8.39. The SMILES string of the molecule is CCOC(=O)[C@@H]1CCC[NH+](Cc2cc3ccc(SC)cc3nc2Cl)C1. The molecule has 2 atom stereocenters. The Bertz CT molecular complexity index is 768. The third-order valence-electron chi connectivity index (χ3n) is 4.73. The molecular weight excluding hydrogens is 356 g/mol. The van der Waals surface area contributed by atoms with Crippen LogP contribution in [0.2, 0.25) is 5.15 Å². The second-order valence-electron chi connectivity index (χ2n) is 6.47. The van der Waals surface area contributed by atoms with Crippen molar-refractivity contribution in [3.05, 3.63) is 35.0 Å². The Hall–Kier alpha value is -1.30. The van der Waals surface area contributed by atoms with Crippen molar-refractivity contribution in [2.45, 2.75) is 31.2 Å². The molecule has 0 aliphatic carbocycles. The van der Waals surface area contributed by atoms with Crippen LogP contribution in [0.25, 0.3) is 10.9 Å². The second-order valence-corrected chi connectivity index (χ2v) is 7.71. The van der Waals surface area contributed by atoms with Gasteiger partial charge in [0.25, 0.3) is 0 Å². The fraction of sp³-hybridized carbons (Fsp3) is 0.474. The van der Waals surface area contributed by atoms with E-state index in [0.29, 0.717) is 11.8 Å². The molecule has 0 radical (unpaired) electrons. The molecule has 0 bridgehead atoms. The van der Waals surface area contributed by atoms with E-state index in [1.54, 1.807) is 11.8 Å². The van der Waals surface area contributed by atoms with E-state index in [4.69, 9.17) is 16.3 Å². The number of halogens is 1. The van der Waals surface area contributed by atoms with Crippen molar-refractivity contribution in [3.63, 3.8) is 0 Å². The predicted molar refractivity (Wildman–Crippen MR) is 102 cm³/mol. The van der Waals surface area contributed by atoms with Crippen molar-refractivity contribution < 1.29 is 14.4 Å². The maximum Gasteiger partial charge on any atom is 0.314 e. The van der Waals surface area contributed by atoms with Crippen molar-refractivity contribution in [2.75, 3.05) is 26.0 Å². The summed E-state index contributed by atoms with van der Waals surface area (Å²) < 4.78 is 5.19. The van der Waals surface area contributed by atoms with E-state index in [1.165, 1.54) is 9.80 Å². The van der Waals surface area contributed by atoms with Gasteiger partial charge in [0.1, 0.15) is 17.6 Å². The zero-order valence-corrected chi connectivity index (χ0v) is 16.3. The highest BCUT2D eigenvalue weighted by Crippen LogP contribution is 2.24. The highest BCUT2D eigenvalue weighted by molar-refractivity contribution is 7.98. The van der Waals surface area contributed by atoms with Crippen LogP contribution in [0.5, 0.6) is 0 Å². The number of piperidine rings is 1. The smallest absolute Gasteiger partial charge is 0.314 e. The lowest BCUT2D eigenvalue weighted by molar-refractivity contribution is -0.921. The first-order valence-electron chi connectivity index (χ1n) is 8.74. The number of aromatic nitrogens is 1. The Labute approximate surface area is 157 Å². The Kier molecular flexibility index (Phi) is 6.20. The molecule has 1 aromatic heterocycles. The molecule has 1 saturated heterocycles. The molecule has 1 aliphatic rings. The number of benzene rings is 1. The zero-order valence-electron chi connectivity index (χ0n) is 14.7. The number of nitrogens with one attached hydrogen (secondary N) is 1. The van der Waals surface area contributed by atoms with Crippen LogP contribution in [0.15, 0.2) is 29.2 Å². The van der Waals surface area contributed by atoms with Crippen LogP contribution in [0.3, 0.4) is 0 Å². The number of hydrogen-bond acceptors (Lipinski definition) is 4. The van der Waals surface area contributed by atoms with E-state index in [0.717, 1.165) is 48.9 Å². The molecule has 3 rings (SSSR count). The minimum Gasteiger partial charge on any atom is -0.466 e. The van der Waals surface area contributed by atoms with E-state index >= 15 is 0 Å². The number of nitrogens with zero attached hydrogens (tertiary/aromatic N) is 1. The zero-order chi connectivity index (χ0) is 17.8. The largest absolute Gasteiger partial charge is 0.466 e. The molecule has 1 N–H and O–H groups in total. The minimum absolute atomic E-state index is 0.0000262. The van der Waals surface area contributed by atoms with Gasteiger partial charge in [-0.2, -0.15) is 0 Å². The van der Waals surface area contributed by atoms with Gasteiger partial charge in [0, 0.05) is 15.8 Å². The Morgan fingerprint density at radius 1 is 1.44 bits per heavy atom. The lowest BCUT2D eigenvalue weighted by Crippen LogP contribution is -3.12. The Morgan fingerprint density at radius 3 is 3.04 bits per heavy atom. The summed E-state index contributed by atoms with van der Waals surface area (Å²) in [5, 5.41) is 1.67. The summed E-state index contributed by atoms with van der Waals surface area (Å²) >= 11 is 8.14. The lowest BCUT2D eigenvalue weighted by atomic mass is 9.98. The quantitative estimate of drug-likeness (QED) is 0.492. The van der Waals surface area contributed by atoms with Gasteiger partial charge in [0.15, 0.2) is 0 Å². The van der Waals surface area contributed by atoms with Gasteiger partial charge in [0.05, 0.1) is 25.2 Å². The van der Waals surface area contributed by atoms with Crippen LogP contribution >= 0.6 is 23.4 Å². The summed E-state index contributed by atoms with van der Waals surface area (Å²) in [6, 6.07) is 8.41. The number of ether oxygens (including phenoxy) is 1.